The maximum absolute atomic E-state index is 5.58. The largest absolute Gasteiger partial charge is 0.271 e. The van der Waals surface area contributed by atoms with E-state index in [4.69, 9.17) is 5.84 Å². The van der Waals surface area contributed by atoms with Gasteiger partial charge in [0.05, 0.1) is 0 Å². The van der Waals surface area contributed by atoms with Crippen LogP contribution in [-0.2, 0) is 13.0 Å². The molecular weight excluding hydrogens is 202 g/mol. The van der Waals surface area contributed by atoms with Crippen LogP contribution in [0.4, 0.5) is 0 Å². The first kappa shape index (κ1) is 13.1. The lowest BCUT2D eigenvalue weighted by Gasteiger charge is -2.25. The number of aryl methyl sites for hydroxylation is 1. The summed E-state index contributed by atoms with van der Waals surface area (Å²) in [5, 5.41) is 4.16. The molecule has 0 radical (unpaired) electrons. The van der Waals surface area contributed by atoms with Crippen LogP contribution in [0.5, 0.6) is 0 Å². The van der Waals surface area contributed by atoms with Crippen molar-refractivity contribution in [3.05, 3.63) is 12.2 Å². The monoisotopic (exact) mass is 225 g/mol. The summed E-state index contributed by atoms with van der Waals surface area (Å²) in [5.74, 6) is 6.58. The number of hydrogen-bond donors (Lipinski definition) is 2. The van der Waals surface area contributed by atoms with Crippen molar-refractivity contribution in [1.82, 2.24) is 20.2 Å². The third-order valence-corrected chi connectivity index (χ3v) is 2.52. The Labute approximate surface area is 97.4 Å². The summed E-state index contributed by atoms with van der Waals surface area (Å²) >= 11 is 0. The maximum Gasteiger partial charge on any atom is 0.138 e. The number of nitrogens with one attached hydrogen (secondary N) is 1. The van der Waals surface area contributed by atoms with Gasteiger partial charge in [0.15, 0.2) is 0 Å². The van der Waals surface area contributed by atoms with Gasteiger partial charge in [0.25, 0.3) is 0 Å². The van der Waals surface area contributed by atoms with Crippen LogP contribution in [0.2, 0.25) is 0 Å². The summed E-state index contributed by atoms with van der Waals surface area (Å²) < 4.78 is 1.91. The van der Waals surface area contributed by atoms with Crippen molar-refractivity contribution in [2.24, 2.45) is 11.3 Å². The number of aromatic nitrogens is 3. The van der Waals surface area contributed by atoms with E-state index in [1.54, 1.807) is 6.33 Å². The topological polar surface area (TPSA) is 68.8 Å². The highest BCUT2D eigenvalue weighted by atomic mass is 15.3. The first-order valence-corrected chi connectivity index (χ1v) is 5.79. The number of hydrazine groups is 1. The molecule has 3 N–H and O–H groups in total. The predicted octanol–water partition coefficient (Wildman–Crippen LogP) is 1.11. The molecule has 0 bridgehead atoms. The smallest absolute Gasteiger partial charge is 0.138 e. The Morgan fingerprint density at radius 3 is 2.69 bits per heavy atom. The van der Waals surface area contributed by atoms with Crippen LogP contribution in [0, 0.1) is 5.41 Å². The van der Waals surface area contributed by atoms with E-state index in [2.05, 4.69) is 43.2 Å². The maximum atomic E-state index is 5.58. The molecule has 0 fully saturated rings. The number of hydrogen-bond acceptors (Lipinski definition) is 4. The number of nitrogens with zero attached hydrogens (tertiary/aromatic N) is 3. The molecule has 5 nitrogen and oxygen atoms in total. The summed E-state index contributed by atoms with van der Waals surface area (Å²) in [6.07, 6.45) is 3.44. The van der Waals surface area contributed by atoms with Gasteiger partial charge in [-0.05, 0) is 18.8 Å². The Balaban J connectivity index is 2.63. The third-order valence-electron chi connectivity index (χ3n) is 2.52. The van der Waals surface area contributed by atoms with Gasteiger partial charge in [0.2, 0.25) is 0 Å². The Morgan fingerprint density at radius 2 is 2.19 bits per heavy atom. The minimum Gasteiger partial charge on any atom is -0.271 e. The van der Waals surface area contributed by atoms with Gasteiger partial charge < -0.3 is 0 Å². The van der Waals surface area contributed by atoms with Crippen LogP contribution in [0.1, 0.15) is 39.9 Å². The molecule has 0 saturated carbocycles. The number of nitrogens with two attached hydrogens (primary N) is 1. The molecule has 92 valence electrons. The zero-order valence-corrected chi connectivity index (χ0v) is 10.7. The summed E-state index contributed by atoms with van der Waals surface area (Å²) in [6, 6.07) is 0.245. The normalized spacial score (nSPS) is 14.1. The molecule has 1 atom stereocenters. The Kier molecular flexibility index (Phi) is 4.44. The fourth-order valence-corrected chi connectivity index (χ4v) is 1.86. The molecule has 0 aliphatic heterocycles. The van der Waals surface area contributed by atoms with E-state index in [0.29, 0.717) is 0 Å². The first-order valence-electron chi connectivity index (χ1n) is 5.79. The van der Waals surface area contributed by atoms with Gasteiger partial charge in [-0.1, -0.05) is 20.8 Å². The molecule has 16 heavy (non-hydrogen) atoms. The Hall–Kier alpha value is -0.940. The van der Waals surface area contributed by atoms with E-state index < -0.39 is 0 Å². The molecule has 0 aliphatic carbocycles. The fourth-order valence-electron chi connectivity index (χ4n) is 1.86. The third kappa shape index (κ3) is 3.90. The lowest BCUT2D eigenvalue weighted by Crippen LogP contribution is -2.40. The lowest BCUT2D eigenvalue weighted by atomic mass is 9.87. The standard InChI is InChI=1S/C11H23N5/c1-5-16-10(13-8-14-16)6-9(15-12)7-11(2,3)4/h8-9,15H,5-7,12H2,1-4H3. The Bertz CT molecular complexity index is 312. The van der Waals surface area contributed by atoms with Crippen LogP contribution in [0.3, 0.4) is 0 Å². The zero-order valence-electron chi connectivity index (χ0n) is 10.7. The quantitative estimate of drug-likeness (QED) is 0.582. The van der Waals surface area contributed by atoms with Crippen LogP contribution in [-0.4, -0.2) is 20.8 Å². The second kappa shape index (κ2) is 5.41. The molecule has 1 aromatic heterocycles. The van der Waals surface area contributed by atoms with Crippen molar-refractivity contribution in [2.75, 3.05) is 0 Å². The predicted molar refractivity (Wildman–Crippen MR) is 64.6 cm³/mol. The van der Waals surface area contributed by atoms with Crippen LogP contribution < -0.4 is 11.3 Å². The summed E-state index contributed by atoms with van der Waals surface area (Å²) in [5.41, 5.74) is 3.13. The van der Waals surface area contributed by atoms with Crippen molar-refractivity contribution in [3.63, 3.8) is 0 Å². The molecular formula is C11H23N5. The molecule has 1 unspecified atom stereocenters. The SMILES string of the molecule is CCn1ncnc1CC(CC(C)(C)C)NN. The van der Waals surface area contributed by atoms with Gasteiger partial charge >= 0.3 is 0 Å². The second-order valence-electron chi connectivity index (χ2n) is 5.32. The van der Waals surface area contributed by atoms with Crippen molar-refractivity contribution in [2.45, 2.75) is 53.1 Å². The van der Waals surface area contributed by atoms with Crippen LogP contribution in [0.15, 0.2) is 6.33 Å². The van der Waals surface area contributed by atoms with Crippen molar-refractivity contribution in [3.8, 4) is 0 Å². The minimum atomic E-state index is 0.245. The first-order chi connectivity index (χ1) is 7.46. The van der Waals surface area contributed by atoms with Crippen LogP contribution >= 0.6 is 0 Å². The van der Waals surface area contributed by atoms with Crippen LogP contribution in [0.25, 0.3) is 0 Å². The van der Waals surface area contributed by atoms with Gasteiger partial charge in [-0.3, -0.25) is 16.0 Å². The van der Waals surface area contributed by atoms with Crippen molar-refractivity contribution in [1.29, 1.82) is 0 Å². The van der Waals surface area contributed by atoms with Crippen molar-refractivity contribution >= 4 is 0 Å². The molecule has 1 rings (SSSR count). The van der Waals surface area contributed by atoms with E-state index in [0.717, 1.165) is 25.2 Å². The van der Waals surface area contributed by atoms with E-state index in [9.17, 15) is 0 Å². The highest BCUT2D eigenvalue weighted by Crippen LogP contribution is 2.21. The van der Waals surface area contributed by atoms with Gasteiger partial charge in [0, 0.05) is 19.0 Å². The van der Waals surface area contributed by atoms with E-state index in [-0.39, 0.29) is 11.5 Å². The van der Waals surface area contributed by atoms with Gasteiger partial charge in [-0.25, -0.2) is 4.98 Å². The zero-order chi connectivity index (χ0) is 12.2. The van der Waals surface area contributed by atoms with Gasteiger partial charge in [0.1, 0.15) is 12.2 Å². The molecule has 1 aromatic rings. The molecule has 0 amide bonds. The average molecular weight is 225 g/mol. The molecule has 5 heteroatoms. The molecule has 0 saturated heterocycles. The lowest BCUT2D eigenvalue weighted by molar-refractivity contribution is 0.304. The number of rotatable bonds is 5. The molecule has 0 aromatic carbocycles. The summed E-state index contributed by atoms with van der Waals surface area (Å²) in [6.45, 7) is 9.54. The van der Waals surface area contributed by atoms with E-state index in [1.807, 2.05) is 4.68 Å². The minimum absolute atomic E-state index is 0.245. The Morgan fingerprint density at radius 1 is 1.50 bits per heavy atom. The van der Waals surface area contributed by atoms with Crippen molar-refractivity contribution < 1.29 is 0 Å². The highest BCUT2D eigenvalue weighted by molar-refractivity contribution is 4.90. The van der Waals surface area contributed by atoms with Gasteiger partial charge in [-0.15, -0.1) is 0 Å². The average Bonchev–Trinajstić information content (AvgIpc) is 2.62. The molecule has 1 heterocycles. The van der Waals surface area contributed by atoms with Gasteiger partial charge in [-0.2, -0.15) is 5.10 Å². The second-order valence-corrected chi connectivity index (χ2v) is 5.32. The fraction of sp³-hybridized carbons (Fsp3) is 0.818. The molecule has 0 spiro atoms. The highest BCUT2D eigenvalue weighted by Gasteiger charge is 2.19. The molecule has 0 aliphatic rings. The van der Waals surface area contributed by atoms with E-state index >= 15 is 0 Å². The van der Waals surface area contributed by atoms with E-state index in [1.165, 1.54) is 0 Å². The summed E-state index contributed by atoms with van der Waals surface area (Å²) in [4.78, 5) is 4.26. The summed E-state index contributed by atoms with van der Waals surface area (Å²) in [7, 11) is 0.